The first-order valence-corrected chi connectivity index (χ1v) is 11.2. The maximum absolute atomic E-state index is 15.4. The Morgan fingerprint density at radius 2 is 2.06 bits per heavy atom. The van der Waals surface area contributed by atoms with Crippen molar-refractivity contribution in [3.05, 3.63) is 57.3 Å². The largest absolute Gasteiger partial charge is 0.379 e. The van der Waals surface area contributed by atoms with E-state index in [9.17, 15) is 8.78 Å². The number of nitrogens with one attached hydrogen (secondary N) is 1. The van der Waals surface area contributed by atoms with Crippen LogP contribution in [-0.4, -0.2) is 27.2 Å². The Morgan fingerprint density at radius 1 is 1.34 bits per heavy atom. The van der Waals surface area contributed by atoms with E-state index in [-0.39, 0.29) is 22.0 Å². The molecule has 0 aliphatic heterocycles. The Balaban J connectivity index is 1.85. The van der Waals surface area contributed by atoms with Gasteiger partial charge in [-0.3, -0.25) is 0 Å². The lowest BCUT2D eigenvalue weighted by atomic mass is 9.75. The number of nitrogens with zero attached hydrogens (tertiary/aromatic N) is 3. The summed E-state index contributed by atoms with van der Waals surface area (Å²) in [6.07, 6.45) is 4.59. The van der Waals surface area contributed by atoms with E-state index in [0.717, 1.165) is 29.4 Å². The van der Waals surface area contributed by atoms with Crippen LogP contribution in [0.3, 0.4) is 0 Å². The lowest BCUT2D eigenvalue weighted by Gasteiger charge is -2.39. The third-order valence-electron chi connectivity index (χ3n) is 6.67. The minimum atomic E-state index is -1.32. The normalized spacial score (nSPS) is 23.2. The van der Waals surface area contributed by atoms with Gasteiger partial charge in [-0.1, -0.05) is 25.4 Å². The summed E-state index contributed by atoms with van der Waals surface area (Å²) in [5.74, 6) is -3.53. The highest BCUT2D eigenvalue weighted by Crippen LogP contribution is 2.46. The molecule has 4 rings (SSSR count). The van der Waals surface area contributed by atoms with Crippen molar-refractivity contribution in [2.75, 3.05) is 5.32 Å². The standard InChI is InChI=1S/C22H22BrClF3N5/c1-21(2)16(6-7-22(21,3)28)30-18-12(9-29-32-10-11(23)8-15(18)32)20(27)31-19-13(24)4-5-14(25)17(19)26/h4-5,8-10,16,30H,6-7,28H2,1-3H3/b31-20-/t16-,22+/m1/s1. The number of nitrogens with two attached hydrogens (primary N) is 1. The molecule has 1 aromatic carbocycles. The van der Waals surface area contributed by atoms with E-state index in [1.54, 1.807) is 16.8 Å². The summed E-state index contributed by atoms with van der Waals surface area (Å²) in [7, 11) is 0. The zero-order valence-corrected chi connectivity index (χ0v) is 20.0. The molecule has 3 N–H and O–H groups in total. The number of hydrogen-bond donors (Lipinski definition) is 2. The molecule has 2 atom stereocenters. The van der Waals surface area contributed by atoms with E-state index in [1.807, 2.05) is 6.92 Å². The third kappa shape index (κ3) is 3.80. The molecular formula is C22H22BrClF3N5. The van der Waals surface area contributed by atoms with Crippen molar-refractivity contribution in [3.8, 4) is 0 Å². The van der Waals surface area contributed by atoms with Crippen molar-refractivity contribution in [3.63, 3.8) is 0 Å². The van der Waals surface area contributed by atoms with Gasteiger partial charge < -0.3 is 11.1 Å². The van der Waals surface area contributed by atoms with E-state index >= 15 is 4.39 Å². The highest BCUT2D eigenvalue weighted by atomic mass is 79.9. The van der Waals surface area contributed by atoms with Gasteiger partial charge in [0.15, 0.2) is 11.6 Å². The molecule has 1 saturated carbocycles. The SMILES string of the molecule is CC1(C)[C@H](Nc2c(/C(F)=N/c3c(Cl)ccc(F)c3F)cnn3cc(Br)cc23)CC[C@]1(C)N. The molecule has 3 aromatic rings. The van der Waals surface area contributed by atoms with Crippen molar-refractivity contribution in [1.82, 2.24) is 9.61 Å². The number of rotatable bonds is 4. The lowest BCUT2D eigenvalue weighted by Crippen LogP contribution is -2.51. The van der Waals surface area contributed by atoms with E-state index in [2.05, 4.69) is 45.2 Å². The molecule has 0 spiro atoms. The summed E-state index contributed by atoms with van der Waals surface area (Å²) < 4.78 is 45.6. The summed E-state index contributed by atoms with van der Waals surface area (Å²) in [6.45, 7) is 6.13. The van der Waals surface area contributed by atoms with Crippen LogP contribution in [0.25, 0.3) is 5.52 Å². The maximum atomic E-state index is 15.4. The number of anilines is 1. The van der Waals surface area contributed by atoms with Crippen LogP contribution in [0, 0.1) is 17.0 Å². The zero-order valence-electron chi connectivity index (χ0n) is 17.7. The van der Waals surface area contributed by atoms with Crippen molar-refractivity contribution in [2.45, 2.75) is 45.2 Å². The van der Waals surface area contributed by atoms with Crippen molar-refractivity contribution < 1.29 is 13.2 Å². The first-order valence-electron chi connectivity index (χ1n) is 10.0. The average Bonchev–Trinajstić information content (AvgIpc) is 3.19. The van der Waals surface area contributed by atoms with Crippen LogP contribution in [0.1, 0.15) is 39.2 Å². The van der Waals surface area contributed by atoms with E-state index in [0.29, 0.717) is 11.2 Å². The zero-order chi connectivity index (χ0) is 23.4. The topological polar surface area (TPSA) is 67.7 Å². The van der Waals surface area contributed by atoms with Crippen molar-refractivity contribution in [1.29, 1.82) is 0 Å². The Kier molecular flexibility index (Phi) is 5.80. The molecule has 1 aliphatic rings. The second-order valence-electron chi connectivity index (χ2n) is 8.89. The highest BCUT2D eigenvalue weighted by Gasteiger charge is 2.49. The number of aliphatic imine (C=N–C) groups is 1. The van der Waals surface area contributed by atoms with Gasteiger partial charge in [0.2, 0.25) is 5.97 Å². The third-order valence-corrected chi connectivity index (χ3v) is 7.41. The van der Waals surface area contributed by atoms with Gasteiger partial charge in [0.1, 0.15) is 5.69 Å². The van der Waals surface area contributed by atoms with Gasteiger partial charge in [-0.05, 0) is 53.9 Å². The molecule has 0 radical (unpaired) electrons. The first kappa shape index (κ1) is 23.1. The van der Waals surface area contributed by atoms with Crippen LogP contribution >= 0.6 is 27.5 Å². The molecule has 0 unspecified atom stereocenters. The Hall–Kier alpha value is -2.10. The average molecular weight is 529 g/mol. The van der Waals surface area contributed by atoms with Crippen LogP contribution in [0.5, 0.6) is 0 Å². The fourth-order valence-electron chi connectivity index (χ4n) is 4.06. The van der Waals surface area contributed by atoms with Gasteiger partial charge >= 0.3 is 0 Å². The van der Waals surface area contributed by atoms with E-state index in [4.69, 9.17) is 17.3 Å². The molecule has 32 heavy (non-hydrogen) atoms. The Bertz CT molecular complexity index is 1240. The summed E-state index contributed by atoms with van der Waals surface area (Å²) in [5.41, 5.74) is 6.20. The van der Waals surface area contributed by atoms with Crippen LogP contribution < -0.4 is 11.1 Å². The van der Waals surface area contributed by atoms with Gasteiger partial charge in [0.05, 0.1) is 28.0 Å². The van der Waals surface area contributed by atoms with Gasteiger partial charge in [0.25, 0.3) is 0 Å². The fraction of sp³-hybridized carbons (Fsp3) is 0.364. The second-order valence-corrected chi connectivity index (χ2v) is 10.2. The molecular weight excluding hydrogens is 507 g/mol. The van der Waals surface area contributed by atoms with Crippen LogP contribution in [0.4, 0.5) is 24.5 Å². The summed E-state index contributed by atoms with van der Waals surface area (Å²) in [5, 5.41) is 7.46. The molecule has 0 saturated heterocycles. The Labute approximate surface area is 197 Å². The molecule has 1 fully saturated rings. The molecule has 0 bridgehead atoms. The quantitative estimate of drug-likeness (QED) is 0.304. The first-order chi connectivity index (χ1) is 14.9. The van der Waals surface area contributed by atoms with Gasteiger partial charge in [-0.25, -0.2) is 18.3 Å². The second kappa shape index (κ2) is 8.04. The van der Waals surface area contributed by atoms with E-state index in [1.165, 1.54) is 6.20 Å². The number of hydrogen-bond acceptors (Lipinski definition) is 4. The van der Waals surface area contributed by atoms with Gasteiger partial charge in [-0.15, -0.1) is 0 Å². The predicted molar refractivity (Wildman–Crippen MR) is 125 cm³/mol. The number of benzene rings is 1. The molecule has 1 aliphatic carbocycles. The van der Waals surface area contributed by atoms with Crippen molar-refractivity contribution in [2.24, 2.45) is 16.1 Å². The summed E-state index contributed by atoms with van der Waals surface area (Å²) >= 11 is 9.35. The summed E-state index contributed by atoms with van der Waals surface area (Å²) in [6, 6.07) is 3.70. The molecule has 10 heteroatoms. The molecule has 2 aromatic heterocycles. The van der Waals surface area contributed by atoms with Gasteiger partial charge in [-0.2, -0.15) is 9.49 Å². The fourth-order valence-corrected chi connectivity index (χ4v) is 4.66. The Morgan fingerprint density at radius 3 is 2.72 bits per heavy atom. The van der Waals surface area contributed by atoms with E-state index < -0.39 is 28.8 Å². The number of fused-ring (bicyclic) bond motifs is 1. The summed E-state index contributed by atoms with van der Waals surface area (Å²) in [4.78, 5) is 3.68. The molecule has 5 nitrogen and oxygen atoms in total. The molecule has 2 heterocycles. The predicted octanol–water partition coefficient (Wildman–Crippen LogP) is 6.39. The minimum absolute atomic E-state index is 0.00394. The van der Waals surface area contributed by atoms with Crippen LogP contribution in [0.15, 0.2) is 40.1 Å². The van der Waals surface area contributed by atoms with Gasteiger partial charge in [0, 0.05) is 27.7 Å². The molecule has 170 valence electrons. The smallest absolute Gasteiger partial charge is 0.224 e. The van der Waals surface area contributed by atoms with Crippen LogP contribution in [0.2, 0.25) is 5.02 Å². The maximum Gasteiger partial charge on any atom is 0.224 e. The number of halogens is 5. The molecule has 0 amide bonds. The number of aromatic nitrogens is 2. The highest BCUT2D eigenvalue weighted by molar-refractivity contribution is 9.10. The minimum Gasteiger partial charge on any atom is -0.379 e. The lowest BCUT2D eigenvalue weighted by molar-refractivity contribution is 0.215. The monoisotopic (exact) mass is 527 g/mol. The van der Waals surface area contributed by atoms with Crippen molar-refractivity contribution >= 4 is 50.4 Å². The van der Waals surface area contributed by atoms with Crippen LogP contribution in [-0.2, 0) is 0 Å².